The molecule has 0 aliphatic heterocycles. The van der Waals surface area contributed by atoms with Crippen LogP contribution >= 0.6 is 0 Å². The number of para-hydroxylation sites is 1. The van der Waals surface area contributed by atoms with E-state index in [9.17, 15) is 18.4 Å². The third kappa shape index (κ3) is 3.60. The highest BCUT2D eigenvalue weighted by atomic mass is 19.3. The number of ether oxygens (including phenoxy) is 2. The van der Waals surface area contributed by atoms with E-state index < -0.39 is 24.9 Å². The minimum absolute atomic E-state index is 0.190. The Hall–Kier alpha value is -3.36. The molecule has 0 saturated carbocycles. The molecule has 1 heterocycles. The maximum absolute atomic E-state index is 12.4. The van der Waals surface area contributed by atoms with Crippen LogP contribution < -0.4 is 10.3 Å². The van der Waals surface area contributed by atoms with Crippen molar-refractivity contribution in [3.63, 3.8) is 0 Å². The fourth-order valence-corrected chi connectivity index (χ4v) is 2.14. The molecule has 2 aromatic carbocycles. The molecule has 0 radical (unpaired) electrons. The number of rotatable bonds is 5. The fraction of sp³-hybridized carbons (Fsp3) is 0.125. The molecule has 3 rings (SSSR count). The van der Waals surface area contributed by atoms with Gasteiger partial charge in [-0.3, -0.25) is 4.79 Å². The van der Waals surface area contributed by atoms with Gasteiger partial charge in [0.1, 0.15) is 16.8 Å². The van der Waals surface area contributed by atoms with Crippen molar-refractivity contribution >= 4 is 16.9 Å². The van der Waals surface area contributed by atoms with Gasteiger partial charge in [0.2, 0.25) is 0 Å². The quantitative estimate of drug-likeness (QED) is 0.658. The number of carbonyl (C=O) groups is 1. The van der Waals surface area contributed by atoms with E-state index in [0.29, 0.717) is 10.9 Å². The summed E-state index contributed by atoms with van der Waals surface area (Å²) in [6.07, 6.45) is 0. The van der Waals surface area contributed by atoms with Gasteiger partial charge in [0.25, 0.3) is 5.56 Å². The Labute approximate surface area is 139 Å². The number of benzene rings is 2. The number of hydrogen-bond donors (Lipinski definition) is 0. The first-order valence-corrected chi connectivity index (χ1v) is 7.10. The molecule has 0 bridgehead atoms. The van der Waals surface area contributed by atoms with Gasteiger partial charge in [-0.1, -0.05) is 29.5 Å². The summed E-state index contributed by atoms with van der Waals surface area (Å²) in [4.78, 5) is 24.3. The van der Waals surface area contributed by atoms with E-state index in [4.69, 9.17) is 4.74 Å². The average Bonchev–Trinajstić information content (AvgIpc) is 2.61. The average molecular weight is 347 g/mol. The van der Waals surface area contributed by atoms with Gasteiger partial charge in [0.05, 0.1) is 5.39 Å². The van der Waals surface area contributed by atoms with E-state index in [0.717, 1.165) is 4.68 Å². The van der Waals surface area contributed by atoms with Crippen LogP contribution in [0.25, 0.3) is 10.9 Å². The highest BCUT2D eigenvalue weighted by molar-refractivity contribution is 5.92. The molecular formula is C16H11F2N3O4. The van der Waals surface area contributed by atoms with Crippen molar-refractivity contribution in [2.24, 2.45) is 0 Å². The summed E-state index contributed by atoms with van der Waals surface area (Å²) in [5.74, 6) is -1.25. The van der Waals surface area contributed by atoms with Crippen LogP contribution in [0.2, 0.25) is 0 Å². The molecule has 0 fully saturated rings. The summed E-state index contributed by atoms with van der Waals surface area (Å²) in [6, 6.07) is 12.0. The molecule has 0 aliphatic carbocycles. The number of fused-ring (bicyclic) bond motifs is 1. The Morgan fingerprint density at radius 1 is 1.12 bits per heavy atom. The number of halogens is 2. The van der Waals surface area contributed by atoms with Crippen LogP contribution in [0.1, 0.15) is 10.4 Å². The standard InChI is InChI=1S/C16H11F2N3O4/c17-16(18)25-13-8-4-2-6-11(13)15(23)24-9-21-14(22)10-5-1-3-7-12(10)19-20-21/h1-8,16H,9H2. The number of alkyl halides is 2. The number of nitrogens with zero attached hydrogens (tertiary/aromatic N) is 3. The van der Waals surface area contributed by atoms with Crippen LogP contribution in [0.4, 0.5) is 8.78 Å². The van der Waals surface area contributed by atoms with Gasteiger partial charge in [-0.05, 0) is 24.3 Å². The van der Waals surface area contributed by atoms with Crippen molar-refractivity contribution in [3.05, 3.63) is 64.4 Å². The van der Waals surface area contributed by atoms with Crippen molar-refractivity contribution in [1.29, 1.82) is 0 Å². The molecule has 0 N–H and O–H groups in total. The van der Waals surface area contributed by atoms with Crippen molar-refractivity contribution < 1.29 is 23.0 Å². The van der Waals surface area contributed by atoms with Crippen LogP contribution in [-0.4, -0.2) is 27.6 Å². The van der Waals surface area contributed by atoms with Crippen molar-refractivity contribution in [1.82, 2.24) is 15.0 Å². The smallest absolute Gasteiger partial charge is 0.387 e. The Balaban J connectivity index is 1.79. The van der Waals surface area contributed by atoms with Gasteiger partial charge in [-0.15, -0.1) is 5.10 Å². The molecular weight excluding hydrogens is 336 g/mol. The van der Waals surface area contributed by atoms with Crippen LogP contribution in [0.5, 0.6) is 5.75 Å². The maximum Gasteiger partial charge on any atom is 0.387 e. The lowest BCUT2D eigenvalue weighted by molar-refractivity contribution is -0.0505. The summed E-state index contributed by atoms with van der Waals surface area (Å²) in [7, 11) is 0. The summed E-state index contributed by atoms with van der Waals surface area (Å²) in [5.41, 5.74) is -0.272. The van der Waals surface area contributed by atoms with Gasteiger partial charge in [-0.2, -0.15) is 13.5 Å². The zero-order valence-electron chi connectivity index (χ0n) is 12.6. The number of carbonyl (C=O) groups excluding carboxylic acids is 1. The Bertz CT molecular complexity index is 975. The molecule has 0 saturated heterocycles. The van der Waals surface area contributed by atoms with Crippen molar-refractivity contribution in [3.8, 4) is 5.75 Å². The molecule has 0 aliphatic rings. The second kappa shape index (κ2) is 7.04. The van der Waals surface area contributed by atoms with E-state index >= 15 is 0 Å². The van der Waals surface area contributed by atoms with Gasteiger partial charge in [-0.25, -0.2) is 4.79 Å². The van der Waals surface area contributed by atoms with Crippen LogP contribution in [0.15, 0.2) is 53.3 Å². The third-order valence-electron chi connectivity index (χ3n) is 3.27. The van der Waals surface area contributed by atoms with Crippen LogP contribution in [-0.2, 0) is 11.5 Å². The highest BCUT2D eigenvalue weighted by Crippen LogP contribution is 2.21. The lowest BCUT2D eigenvalue weighted by Crippen LogP contribution is -2.26. The summed E-state index contributed by atoms with van der Waals surface area (Å²) < 4.78 is 34.8. The summed E-state index contributed by atoms with van der Waals surface area (Å²) in [5, 5.41) is 7.83. The molecule has 3 aromatic rings. The molecule has 0 spiro atoms. The normalized spacial score (nSPS) is 10.8. The highest BCUT2D eigenvalue weighted by Gasteiger charge is 2.17. The molecule has 128 valence electrons. The lowest BCUT2D eigenvalue weighted by Gasteiger charge is -2.10. The second-order valence-electron chi connectivity index (χ2n) is 4.85. The van der Waals surface area contributed by atoms with Crippen LogP contribution in [0, 0.1) is 0 Å². The molecule has 0 unspecified atom stereocenters. The van der Waals surface area contributed by atoms with Gasteiger partial charge in [0, 0.05) is 0 Å². The van der Waals surface area contributed by atoms with Crippen LogP contribution in [0.3, 0.4) is 0 Å². The first-order valence-electron chi connectivity index (χ1n) is 7.10. The monoisotopic (exact) mass is 347 g/mol. The SMILES string of the molecule is O=C(OCn1nnc2ccccc2c1=O)c1ccccc1OC(F)F. The predicted molar refractivity (Wildman–Crippen MR) is 82.3 cm³/mol. The lowest BCUT2D eigenvalue weighted by atomic mass is 10.2. The van der Waals surface area contributed by atoms with E-state index in [1.54, 1.807) is 24.3 Å². The van der Waals surface area contributed by atoms with Crippen molar-refractivity contribution in [2.75, 3.05) is 0 Å². The summed E-state index contributed by atoms with van der Waals surface area (Å²) >= 11 is 0. The van der Waals surface area contributed by atoms with E-state index in [1.807, 2.05) is 0 Å². The minimum atomic E-state index is -3.08. The van der Waals surface area contributed by atoms with E-state index in [2.05, 4.69) is 15.0 Å². The first-order chi connectivity index (χ1) is 12.1. The minimum Gasteiger partial charge on any atom is -0.438 e. The van der Waals surface area contributed by atoms with Gasteiger partial charge >= 0.3 is 12.6 Å². The zero-order chi connectivity index (χ0) is 17.8. The summed E-state index contributed by atoms with van der Waals surface area (Å²) in [6.45, 7) is -3.60. The molecule has 1 aromatic heterocycles. The fourth-order valence-electron chi connectivity index (χ4n) is 2.14. The molecule has 0 amide bonds. The number of hydrogen-bond acceptors (Lipinski definition) is 6. The van der Waals surface area contributed by atoms with E-state index in [-0.39, 0.29) is 11.3 Å². The topological polar surface area (TPSA) is 83.3 Å². The molecule has 0 atom stereocenters. The molecule has 25 heavy (non-hydrogen) atoms. The zero-order valence-corrected chi connectivity index (χ0v) is 12.6. The van der Waals surface area contributed by atoms with Crippen molar-refractivity contribution in [2.45, 2.75) is 13.3 Å². The number of esters is 1. The van der Waals surface area contributed by atoms with Gasteiger partial charge in [0.15, 0.2) is 6.73 Å². The Morgan fingerprint density at radius 3 is 2.64 bits per heavy atom. The molecule has 7 nitrogen and oxygen atoms in total. The van der Waals surface area contributed by atoms with E-state index in [1.165, 1.54) is 24.3 Å². The maximum atomic E-state index is 12.4. The van der Waals surface area contributed by atoms with Gasteiger partial charge < -0.3 is 9.47 Å². The molecule has 9 heteroatoms. The first kappa shape index (κ1) is 16.5. The largest absolute Gasteiger partial charge is 0.438 e. The second-order valence-corrected chi connectivity index (χ2v) is 4.85. The third-order valence-corrected chi connectivity index (χ3v) is 3.27. The number of aromatic nitrogens is 3. The Kier molecular flexibility index (Phi) is 4.64. The predicted octanol–water partition coefficient (Wildman–Crippen LogP) is 2.21. The Morgan fingerprint density at radius 2 is 1.84 bits per heavy atom.